The van der Waals surface area contributed by atoms with E-state index in [-0.39, 0.29) is 17.6 Å². The molecule has 3 rings (SSSR count). The molecule has 144 valence electrons. The van der Waals surface area contributed by atoms with Crippen LogP contribution in [0.2, 0.25) is 0 Å². The van der Waals surface area contributed by atoms with Crippen molar-refractivity contribution in [3.05, 3.63) is 42.2 Å². The van der Waals surface area contributed by atoms with Crippen LogP contribution in [0.25, 0.3) is 11.3 Å². The van der Waals surface area contributed by atoms with E-state index in [1.54, 1.807) is 9.80 Å². The lowest BCUT2D eigenvalue weighted by atomic mass is 10.1. The summed E-state index contributed by atoms with van der Waals surface area (Å²) in [7, 11) is 0. The predicted octanol–water partition coefficient (Wildman–Crippen LogP) is 3.48. The van der Waals surface area contributed by atoms with Gasteiger partial charge in [0, 0.05) is 31.7 Å². The Balaban J connectivity index is 1.72. The fourth-order valence-electron chi connectivity index (χ4n) is 2.82. The average Bonchev–Trinajstić information content (AvgIpc) is 2.62. The topological polar surface area (TPSA) is 58.6 Å². The maximum atomic E-state index is 15.0. The first-order valence-corrected chi connectivity index (χ1v) is 8.74. The van der Waals surface area contributed by atoms with Crippen LogP contribution in [-0.4, -0.2) is 52.7 Å². The molecule has 0 unspecified atom stereocenters. The Morgan fingerprint density at radius 2 is 1.67 bits per heavy atom. The molecule has 0 bridgehead atoms. The lowest BCUT2D eigenvalue weighted by Crippen LogP contribution is -2.50. The van der Waals surface area contributed by atoms with Crippen molar-refractivity contribution in [2.75, 3.05) is 31.1 Å². The van der Waals surface area contributed by atoms with Gasteiger partial charge in [-0.3, -0.25) is 0 Å². The quantitative estimate of drug-likeness (QED) is 0.803. The van der Waals surface area contributed by atoms with E-state index in [0.717, 1.165) is 0 Å². The summed E-state index contributed by atoms with van der Waals surface area (Å²) in [5.41, 5.74) is 0.0383. The van der Waals surface area contributed by atoms with Crippen LogP contribution in [0.4, 0.5) is 19.4 Å². The van der Waals surface area contributed by atoms with Gasteiger partial charge in [-0.25, -0.2) is 23.5 Å². The van der Waals surface area contributed by atoms with Crippen molar-refractivity contribution in [2.24, 2.45) is 0 Å². The number of hydrogen-bond acceptors (Lipinski definition) is 5. The minimum atomic E-state index is -0.560. The molecule has 0 aliphatic carbocycles. The highest BCUT2D eigenvalue weighted by Gasteiger charge is 2.28. The molecule has 2 heterocycles. The van der Waals surface area contributed by atoms with Crippen LogP contribution in [0, 0.1) is 11.6 Å². The Kier molecular flexibility index (Phi) is 5.25. The Hall–Kier alpha value is -2.77. The van der Waals surface area contributed by atoms with Crippen molar-refractivity contribution < 1.29 is 18.3 Å². The van der Waals surface area contributed by atoms with Gasteiger partial charge in [0.05, 0.1) is 0 Å². The molecule has 0 saturated carbocycles. The van der Waals surface area contributed by atoms with E-state index in [1.165, 1.54) is 30.6 Å². The van der Waals surface area contributed by atoms with E-state index in [4.69, 9.17) is 4.74 Å². The number of amides is 1. The third-order valence-electron chi connectivity index (χ3n) is 4.12. The van der Waals surface area contributed by atoms with Gasteiger partial charge in [0.25, 0.3) is 0 Å². The van der Waals surface area contributed by atoms with Crippen LogP contribution in [0.5, 0.6) is 0 Å². The standard InChI is InChI=1S/C19H22F2N4O2/c1-19(2,3)27-18(26)25-10-8-24(9-11-25)17-15(21)16(22-12-23-17)13-4-6-14(20)7-5-13/h4-7,12H,8-11H2,1-3H3. The Morgan fingerprint density at radius 1 is 1.04 bits per heavy atom. The van der Waals surface area contributed by atoms with Crippen LogP contribution < -0.4 is 4.90 Å². The van der Waals surface area contributed by atoms with Gasteiger partial charge in [-0.2, -0.15) is 0 Å². The van der Waals surface area contributed by atoms with Gasteiger partial charge in [-0.05, 0) is 45.0 Å². The maximum absolute atomic E-state index is 15.0. The normalized spacial score (nSPS) is 15.0. The lowest BCUT2D eigenvalue weighted by Gasteiger charge is -2.36. The molecule has 0 atom stereocenters. The Labute approximate surface area is 156 Å². The first kappa shape index (κ1) is 19.0. The van der Waals surface area contributed by atoms with E-state index >= 15 is 0 Å². The van der Waals surface area contributed by atoms with Crippen molar-refractivity contribution in [3.8, 4) is 11.3 Å². The molecule has 1 fully saturated rings. The number of halogens is 2. The predicted molar refractivity (Wildman–Crippen MR) is 97.4 cm³/mol. The molecule has 1 amide bonds. The molecule has 1 aromatic carbocycles. The molecule has 0 N–H and O–H groups in total. The molecule has 1 saturated heterocycles. The number of benzene rings is 1. The number of ether oxygens (including phenoxy) is 1. The van der Waals surface area contributed by atoms with E-state index in [9.17, 15) is 13.6 Å². The summed E-state index contributed by atoms with van der Waals surface area (Å²) in [6.07, 6.45) is 0.912. The van der Waals surface area contributed by atoms with Gasteiger partial charge in [-0.15, -0.1) is 0 Å². The summed E-state index contributed by atoms with van der Waals surface area (Å²) in [5.74, 6) is -0.783. The van der Waals surface area contributed by atoms with Crippen molar-refractivity contribution in [3.63, 3.8) is 0 Å². The van der Waals surface area contributed by atoms with Crippen LogP contribution in [0.3, 0.4) is 0 Å². The minimum absolute atomic E-state index is 0.120. The number of hydrogen-bond donors (Lipinski definition) is 0. The highest BCUT2D eigenvalue weighted by atomic mass is 19.1. The number of anilines is 1. The number of carbonyl (C=O) groups is 1. The molecule has 27 heavy (non-hydrogen) atoms. The van der Waals surface area contributed by atoms with Gasteiger partial charge < -0.3 is 14.5 Å². The first-order valence-electron chi connectivity index (χ1n) is 8.74. The summed E-state index contributed by atoms with van der Waals surface area (Å²) in [6.45, 7) is 7.11. The van der Waals surface area contributed by atoms with Crippen LogP contribution in [0.15, 0.2) is 30.6 Å². The van der Waals surface area contributed by atoms with Gasteiger partial charge in [0.1, 0.15) is 23.4 Å². The largest absolute Gasteiger partial charge is 0.444 e. The lowest BCUT2D eigenvalue weighted by molar-refractivity contribution is 0.0240. The second-order valence-corrected chi connectivity index (χ2v) is 7.32. The zero-order valence-corrected chi connectivity index (χ0v) is 15.6. The van der Waals surface area contributed by atoms with Gasteiger partial charge in [0.15, 0.2) is 11.6 Å². The molecular formula is C19H22F2N4O2. The first-order chi connectivity index (χ1) is 12.7. The highest BCUT2D eigenvalue weighted by molar-refractivity contribution is 5.69. The van der Waals surface area contributed by atoms with Gasteiger partial charge in [0.2, 0.25) is 0 Å². The molecule has 6 nitrogen and oxygen atoms in total. The third kappa shape index (κ3) is 4.50. The zero-order chi connectivity index (χ0) is 19.6. The molecule has 1 aliphatic rings. The molecule has 2 aromatic rings. The number of rotatable bonds is 2. The number of carbonyl (C=O) groups excluding carboxylic acids is 1. The molecule has 1 aliphatic heterocycles. The number of nitrogens with zero attached hydrogens (tertiary/aromatic N) is 4. The smallest absolute Gasteiger partial charge is 0.410 e. The number of aromatic nitrogens is 2. The monoisotopic (exact) mass is 376 g/mol. The van der Waals surface area contributed by atoms with Crippen molar-refractivity contribution in [1.29, 1.82) is 0 Å². The van der Waals surface area contributed by atoms with Gasteiger partial charge >= 0.3 is 6.09 Å². The van der Waals surface area contributed by atoms with Crippen molar-refractivity contribution in [1.82, 2.24) is 14.9 Å². The van der Waals surface area contributed by atoms with E-state index in [1.807, 2.05) is 20.8 Å². The van der Waals surface area contributed by atoms with Crippen molar-refractivity contribution >= 4 is 11.9 Å². The second-order valence-electron chi connectivity index (χ2n) is 7.32. The van der Waals surface area contributed by atoms with E-state index in [2.05, 4.69) is 9.97 Å². The third-order valence-corrected chi connectivity index (χ3v) is 4.12. The molecule has 8 heteroatoms. The fraction of sp³-hybridized carbons (Fsp3) is 0.421. The van der Waals surface area contributed by atoms with Gasteiger partial charge in [-0.1, -0.05) is 0 Å². The Morgan fingerprint density at radius 3 is 2.26 bits per heavy atom. The Bertz CT molecular complexity index is 813. The molecule has 1 aromatic heterocycles. The maximum Gasteiger partial charge on any atom is 0.410 e. The summed E-state index contributed by atoms with van der Waals surface area (Å²) in [4.78, 5) is 23.6. The summed E-state index contributed by atoms with van der Waals surface area (Å²) in [6, 6.07) is 5.47. The van der Waals surface area contributed by atoms with E-state index in [0.29, 0.717) is 31.7 Å². The SMILES string of the molecule is CC(C)(C)OC(=O)N1CCN(c2ncnc(-c3ccc(F)cc3)c2F)CC1. The summed E-state index contributed by atoms with van der Waals surface area (Å²) >= 11 is 0. The second kappa shape index (κ2) is 7.46. The minimum Gasteiger partial charge on any atom is -0.444 e. The van der Waals surface area contributed by atoms with Crippen LogP contribution in [0.1, 0.15) is 20.8 Å². The van der Waals surface area contributed by atoms with Crippen LogP contribution in [-0.2, 0) is 4.74 Å². The van der Waals surface area contributed by atoms with Crippen molar-refractivity contribution in [2.45, 2.75) is 26.4 Å². The highest BCUT2D eigenvalue weighted by Crippen LogP contribution is 2.27. The molecule has 0 spiro atoms. The molecule has 0 radical (unpaired) electrons. The fourth-order valence-corrected chi connectivity index (χ4v) is 2.82. The average molecular weight is 376 g/mol. The molecular weight excluding hydrogens is 354 g/mol. The van der Waals surface area contributed by atoms with Crippen LogP contribution >= 0.6 is 0 Å². The van der Waals surface area contributed by atoms with E-state index < -0.39 is 17.2 Å². The number of piperazine rings is 1. The summed E-state index contributed by atoms with van der Waals surface area (Å²) in [5, 5.41) is 0. The zero-order valence-electron chi connectivity index (χ0n) is 15.6. The summed E-state index contributed by atoms with van der Waals surface area (Å²) < 4.78 is 33.4.